The second-order valence-electron chi connectivity index (χ2n) is 9.22. The lowest BCUT2D eigenvalue weighted by atomic mass is 9.78. The second kappa shape index (κ2) is 8.83. The van der Waals surface area contributed by atoms with Crippen LogP contribution in [0.2, 0.25) is 0 Å². The van der Waals surface area contributed by atoms with Crippen LogP contribution in [-0.2, 0) is 9.59 Å². The molecule has 1 aromatic carbocycles. The first-order valence-corrected chi connectivity index (χ1v) is 9.81. The van der Waals surface area contributed by atoms with Gasteiger partial charge in [-0.25, -0.2) is 0 Å². The Morgan fingerprint density at radius 1 is 0.808 bits per heavy atom. The standard InChI is InChI=1S/C23H37NO2/c1-9-24(10-2)19-13-11-17(12-14-19)18(15-20(25)22(3,4)5)16-21(26)23(6,7)8/h11-14,18H,9-10,15-16H2,1-8H3. The predicted octanol–water partition coefficient (Wildman–Crippen LogP) is 5.63. The number of rotatable bonds is 8. The third kappa shape index (κ3) is 6.26. The lowest BCUT2D eigenvalue weighted by Crippen LogP contribution is -2.26. The number of benzene rings is 1. The average molecular weight is 360 g/mol. The second-order valence-corrected chi connectivity index (χ2v) is 9.22. The van der Waals surface area contributed by atoms with Gasteiger partial charge < -0.3 is 4.90 Å². The van der Waals surface area contributed by atoms with Gasteiger partial charge in [0.15, 0.2) is 0 Å². The zero-order valence-corrected chi connectivity index (χ0v) is 18.0. The fraction of sp³-hybridized carbons (Fsp3) is 0.652. The van der Waals surface area contributed by atoms with E-state index >= 15 is 0 Å². The summed E-state index contributed by atoms with van der Waals surface area (Å²) in [7, 11) is 0. The van der Waals surface area contributed by atoms with Crippen LogP contribution in [0.25, 0.3) is 0 Å². The van der Waals surface area contributed by atoms with Crippen LogP contribution in [0.5, 0.6) is 0 Å². The first-order valence-electron chi connectivity index (χ1n) is 9.81. The van der Waals surface area contributed by atoms with Crippen molar-refractivity contribution in [1.82, 2.24) is 0 Å². The molecule has 0 spiro atoms. The molecule has 0 saturated heterocycles. The topological polar surface area (TPSA) is 37.4 Å². The van der Waals surface area contributed by atoms with Gasteiger partial charge >= 0.3 is 0 Å². The minimum absolute atomic E-state index is 0.0563. The molecule has 0 heterocycles. The normalized spacial score (nSPS) is 12.3. The molecule has 0 aliphatic rings. The molecule has 0 amide bonds. The minimum atomic E-state index is -0.385. The molecule has 3 nitrogen and oxygen atoms in total. The molecule has 26 heavy (non-hydrogen) atoms. The number of ketones is 2. The molecule has 0 aliphatic heterocycles. The fourth-order valence-electron chi connectivity index (χ4n) is 2.91. The molecule has 0 bridgehead atoms. The van der Waals surface area contributed by atoms with Crippen LogP contribution in [-0.4, -0.2) is 24.7 Å². The van der Waals surface area contributed by atoms with Gasteiger partial charge in [-0.15, -0.1) is 0 Å². The van der Waals surface area contributed by atoms with Crippen molar-refractivity contribution in [2.24, 2.45) is 10.8 Å². The number of Topliss-reactive ketones (excluding diaryl/α,β-unsaturated/α-hetero) is 2. The monoisotopic (exact) mass is 359 g/mol. The van der Waals surface area contributed by atoms with Crippen molar-refractivity contribution in [3.8, 4) is 0 Å². The van der Waals surface area contributed by atoms with Crippen LogP contribution < -0.4 is 4.90 Å². The molecule has 0 atom stereocenters. The molecule has 0 N–H and O–H groups in total. The van der Waals surface area contributed by atoms with Crippen molar-refractivity contribution < 1.29 is 9.59 Å². The van der Waals surface area contributed by atoms with Gasteiger partial charge in [0.2, 0.25) is 0 Å². The highest BCUT2D eigenvalue weighted by Gasteiger charge is 2.30. The quantitative estimate of drug-likeness (QED) is 0.604. The highest BCUT2D eigenvalue weighted by molar-refractivity contribution is 5.87. The van der Waals surface area contributed by atoms with E-state index in [1.807, 2.05) is 41.5 Å². The smallest absolute Gasteiger partial charge is 0.138 e. The zero-order chi connectivity index (χ0) is 20.1. The summed E-state index contributed by atoms with van der Waals surface area (Å²) in [6.45, 7) is 17.9. The summed E-state index contributed by atoms with van der Waals surface area (Å²) in [5.74, 6) is 0.355. The van der Waals surface area contributed by atoms with Gasteiger partial charge in [0.1, 0.15) is 11.6 Å². The summed E-state index contributed by atoms with van der Waals surface area (Å²) in [6, 6.07) is 8.39. The Hall–Kier alpha value is -1.64. The molecule has 0 fully saturated rings. The number of nitrogens with zero attached hydrogens (tertiary/aromatic N) is 1. The van der Waals surface area contributed by atoms with Crippen molar-refractivity contribution in [2.45, 2.75) is 74.1 Å². The molecule has 1 rings (SSSR count). The number of anilines is 1. The van der Waals surface area contributed by atoms with E-state index in [4.69, 9.17) is 0 Å². The van der Waals surface area contributed by atoms with Gasteiger partial charge in [-0.05, 0) is 37.5 Å². The number of carbonyl (C=O) groups excluding carboxylic acids is 2. The van der Waals surface area contributed by atoms with Gasteiger partial charge in [-0.1, -0.05) is 53.7 Å². The Kier molecular flexibility index (Phi) is 7.61. The average Bonchev–Trinajstić information content (AvgIpc) is 2.54. The maximum atomic E-state index is 12.6. The van der Waals surface area contributed by atoms with Crippen LogP contribution in [0.1, 0.15) is 79.7 Å². The number of carbonyl (C=O) groups is 2. The predicted molar refractivity (Wildman–Crippen MR) is 111 cm³/mol. The van der Waals surface area contributed by atoms with E-state index < -0.39 is 0 Å². The van der Waals surface area contributed by atoms with E-state index in [1.54, 1.807) is 0 Å². The van der Waals surface area contributed by atoms with E-state index in [0.717, 1.165) is 18.7 Å². The molecule has 0 aromatic heterocycles. The summed E-state index contributed by atoms with van der Waals surface area (Å²) in [4.78, 5) is 27.5. The van der Waals surface area contributed by atoms with Crippen molar-refractivity contribution in [1.29, 1.82) is 0 Å². The number of hydrogen-bond acceptors (Lipinski definition) is 3. The molecular formula is C23H37NO2. The summed E-state index contributed by atoms with van der Waals surface area (Å²) in [5, 5.41) is 0. The van der Waals surface area contributed by atoms with Crippen molar-refractivity contribution in [3.63, 3.8) is 0 Å². The third-order valence-corrected chi connectivity index (χ3v) is 5.03. The maximum Gasteiger partial charge on any atom is 0.138 e. The van der Waals surface area contributed by atoms with Gasteiger partial charge in [0.25, 0.3) is 0 Å². The Morgan fingerprint density at radius 3 is 1.50 bits per heavy atom. The van der Waals surface area contributed by atoms with E-state index in [9.17, 15) is 9.59 Å². The van der Waals surface area contributed by atoms with E-state index in [2.05, 4.69) is 43.0 Å². The Morgan fingerprint density at radius 2 is 1.19 bits per heavy atom. The molecule has 3 heteroatoms. The van der Waals surface area contributed by atoms with Gasteiger partial charge in [0.05, 0.1) is 0 Å². The summed E-state index contributed by atoms with van der Waals surface area (Å²) in [5.41, 5.74) is 1.49. The Labute approximate surface area is 160 Å². The van der Waals surface area contributed by atoms with E-state index in [-0.39, 0.29) is 28.3 Å². The van der Waals surface area contributed by atoms with E-state index in [1.165, 1.54) is 5.69 Å². The maximum absolute atomic E-state index is 12.6. The van der Waals surface area contributed by atoms with Gasteiger partial charge in [-0.3, -0.25) is 9.59 Å². The van der Waals surface area contributed by atoms with Crippen molar-refractivity contribution >= 4 is 17.3 Å². The zero-order valence-electron chi connectivity index (χ0n) is 18.0. The van der Waals surface area contributed by atoms with Crippen LogP contribution in [0.15, 0.2) is 24.3 Å². The lowest BCUT2D eigenvalue weighted by molar-refractivity contribution is -0.128. The Bertz CT molecular complexity index is 571. The van der Waals surface area contributed by atoms with Crippen LogP contribution in [0, 0.1) is 10.8 Å². The van der Waals surface area contributed by atoms with Gasteiger partial charge in [-0.2, -0.15) is 0 Å². The van der Waals surface area contributed by atoms with Crippen LogP contribution in [0.3, 0.4) is 0 Å². The van der Waals surface area contributed by atoms with Gasteiger partial charge in [0, 0.05) is 42.4 Å². The minimum Gasteiger partial charge on any atom is -0.372 e. The lowest BCUT2D eigenvalue weighted by Gasteiger charge is -2.26. The highest BCUT2D eigenvalue weighted by atomic mass is 16.1. The molecule has 0 aliphatic carbocycles. The first-order chi connectivity index (χ1) is 11.9. The molecule has 0 saturated carbocycles. The largest absolute Gasteiger partial charge is 0.372 e. The number of hydrogen-bond donors (Lipinski definition) is 0. The molecule has 146 valence electrons. The van der Waals surface area contributed by atoms with E-state index in [0.29, 0.717) is 12.8 Å². The highest BCUT2D eigenvalue weighted by Crippen LogP contribution is 2.33. The third-order valence-electron chi connectivity index (χ3n) is 5.03. The fourth-order valence-corrected chi connectivity index (χ4v) is 2.91. The molecule has 0 radical (unpaired) electrons. The Balaban J connectivity index is 3.11. The summed E-state index contributed by atoms with van der Waals surface area (Å²) in [6.07, 6.45) is 0.825. The SMILES string of the molecule is CCN(CC)c1ccc(C(CC(=O)C(C)(C)C)CC(=O)C(C)(C)C)cc1. The summed E-state index contributed by atoms with van der Waals surface area (Å²) >= 11 is 0. The van der Waals surface area contributed by atoms with Crippen LogP contribution >= 0.6 is 0 Å². The molecular weight excluding hydrogens is 322 g/mol. The van der Waals surface area contributed by atoms with Crippen molar-refractivity contribution in [2.75, 3.05) is 18.0 Å². The summed E-state index contributed by atoms with van der Waals surface area (Å²) < 4.78 is 0. The van der Waals surface area contributed by atoms with Crippen molar-refractivity contribution in [3.05, 3.63) is 29.8 Å². The van der Waals surface area contributed by atoms with Crippen LogP contribution in [0.4, 0.5) is 5.69 Å². The molecule has 0 unspecified atom stereocenters. The first kappa shape index (κ1) is 22.4. The molecule has 1 aromatic rings.